The van der Waals surface area contributed by atoms with E-state index in [0.717, 1.165) is 0 Å². The van der Waals surface area contributed by atoms with E-state index in [1.165, 1.54) is 0 Å². The van der Waals surface area contributed by atoms with Crippen LogP contribution in [0.25, 0.3) is 5.73 Å². The SMILES string of the molecule is CC(C)[N-2].[H+].[H+].[H+]. The molecule has 0 atom stereocenters. The molecule has 0 saturated carbocycles. The van der Waals surface area contributed by atoms with E-state index in [0.29, 0.717) is 0 Å². The van der Waals surface area contributed by atoms with Crippen molar-refractivity contribution in [2.45, 2.75) is 19.9 Å². The maximum absolute atomic E-state index is 8.06. The summed E-state index contributed by atoms with van der Waals surface area (Å²) in [6, 6.07) is -0.167. The molecule has 0 bridgehead atoms. The van der Waals surface area contributed by atoms with Crippen molar-refractivity contribution >= 4 is 0 Å². The van der Waals surface area contributed by atoms with Gasteiger partial charge >= 0.3 is 4.28 Å². The van der Waals surface area contributed by atoms with Gasteiger partial charge in [-0.3, -0.25) is 0 Å². The summed E-state index contributed by atoms with van der Waals surface area (Å²) in [5.41, 5.74) is 8.06. The Morgan fingerprint density at radius 3 is 1.75 bits per heavy atom. The first-order valence-corrected chi connectivity index (χ1v) is 1.41. The van der Waals surface area contributed by atoms with Crippen molar-refractivity contribution < 1.29 is 4.28 Å². The molecule has 0 radical (unpaired) electrons. The van der Waals surface area contributed by atoms with E-state index in [1.807, 2.05) is 0 Å². The van der Waals surface area contributed by atoms with Crippen LogP contribution in [0, 0.1) is 0 Å². The molecule has 0 amide bonds. The van der Waals surface area contributed by atoms with Crippen molar-refractivity contribution in [3.05, 3.63) is 5.73 Å². The molecule has 0 aromatic heterocycles. The lowest BCUT2D eigenvalue weighted by atomic mass is 10.5. The van der Waals surface area contributed by atoms with Crippen molar-refractivity contribution in [3.63, 3.8) is 0 Å². The van der Waals surface area contributed by atoms with E-state index in [1.54, 1.807) is 13.8 Å². The average molecular weight is 60.1 g/mol. The highest BCUT2D eigenvalue weighted by atomic mass is 14.6. The van der Waals surface area contributed by atoms with Crippen LogP contribution in [0.1, 0.15) is 18.1 Å². The highest BCUT2D eigenvalue weighted by Gasteiger charge is 1.38. The Hall–Kier alpha value is -0.0400. The minimum absolute atomic E-state index is 0. The Morgan fingerprint density at radius 1 is 1.75 bits per heavy atom. The van der Waals surface area contributed by atoms with E-state index in [4.69, 9.17) is 5.73 Å². The zero-order valence-electron chi connectivity index (χ0n) is 6.02. The fourth-order valence-electron chi connectivity index (χ4n) is 0. The topological polar surface area (TPSA) is 22.3 Å². The second-order valence-electron chi connectivity index (χ2n) is 1.09. The predicted molar refractivity (Wildman–Crippen MR) is 21.8 cm³/mol. The van der Waals surface area contributed by atoms with Crippen LogP contribution in [0.15, 0.2) is 0 Å². The number of hydrogen-bond donors (Lipinski definition) is 0. The Kier molecular flexibility index (Phi) is 1.28. The van der Waals surface area contributed by atoms with Gasteiger partial charge in [-0.2, -0.15) is 0 Å². The van der Waals surface area contributed by atoms with Gasteiger partial charge in [0.05, 0.1) is 0 Å². The zero-order chi connectivity index (χ0) is 3.58. The molecular weight excluding hydrogens is 50.0 g/mol. The molecule has 0 spiro atoms. The summed E-state index contributed by atoms with van der Waals surface area (Å²) in [7, 11) is 0. The Labute approximate surface area is 31.3 Å². The summed E-state index contributed by atoms with van der Waals surface area (Å²) in [5, 5.41) is 0. The summed E-state index contributed by atoms with van der Waals surface area (Å²) in [6.07, 6.45) is 0. The zero-order valence-corrected chi connectivity index (χ0v) is 3.02. The molecule has 0 aliphatic carbocycles. The van der Waals surface area contributed by atoms with Gasteiger partial charge in [0, 0.05) is 0 Å². The lowest BCUT2D eigenvalue weighted by Crippen LogP contribution is -1.75. The molecule has 4 heavy (non-hydrogen) atoms. The first kappa shape index (κ1) is 3.96. The maximum Gasteiger partial charge on any atom is 1.00 e. The van der Waals surface area contributed by atoms with Crippen LogP contribution in [0.2, 0.25) is 0 Å². The van der Waals surface area contributed by atoms with Gasteiger partial charge in [0.15, 0.2) is 0 Å². The van der Waals surface area contributed by atoms with Crippen LogP contribution in [-0.2, 0) is 0 Å². The highest BCUT2D eigenvalue weighted by Crippen LogP contribution is 1.74. The molecule has 0 unspecified atom stereocenters. The van der Waals surface area contributed by atoms with Crippen LogP contribution < -0.4 is 0 Å². The maximum atomic E-state index is 8.06. The van der Waals surface area contributed by atoms with E-state index in [-0.39, 0.29) is 10.3 Å². The molecule has 0 rings (SSSR count). The predicted octanol–water partition coefficient (Wildman–Crippen LogP) is 1.57. The van der Waals surface area contributed by atoms with Crippen LogP contribution in [0.5, 0.6) is 0 Å². The third-order valence-corrected chi connectivity index (χ3v) is 0. The molecule has 1 heteroatoms. The number of nitrogens with zero attached hydrogens (tertiary/aromatic N) is 1. The normalized spacial score (nSPS) is 9.00. The molecule has 0 heterocycles. The van der Waals surface area contributed by atoms with Crippen LogP contribution in [0.4, 0.5) is 0 Å². The van der Waals surface area contributed by atoms with Gasteiger partial charge in [0.25, 0.3) is 0 Å². The third kappa shape index (κ3) is 1130. The van der Waals surface area contributed by atoms with Gasteiger partial charge in [-0.15, -0.1) is 13.8 Å². The molecule has 0 aliphatic rings. The second kappa shape index (κ2) is 1.30. The van der Waals surface area contributed by atoms with Crippen LogP contribution >= 0.6 is 0 Å². The van der Waals surface area contributed by atoms with Crippen molar-refractivity contribution in [2.75, 3.05) is 0 Å². The lowest BCUT2D eigenvalue weighted by Gasteiger charge is -2.39. The Bertz CT molecular complexity index is 14.9. The van der Waals surface area contributed by atoms with E-state index in [2.05, 4.69) is 0 Å². The molecule has 0 aromatic rings. The van der Waals surface area contributed by atoms with E-state index < -0.39 is 0 Å². The molecule has 0 fully saturated rings. The molecule has 1 nitrogen and oxygen atoms in total. The second-order valence-corrected chi connectivity index (χ2v) is 1.09. The van der Waals surface area contributed by atoms with Gasteiger partial charge in [-0.25, -0.2) is 0 Å². The van der Waals surface area contributed by atoms with Crippen molar-refractivity contribution in [1.29, 1.82) is 0 Å². The summed E-state index contributed by atoms with van der Waals surface area (Å²) < 4.78 is 0. The highest BCUT2D eigenvalue weighted by molar-refractivity contribution is 4.55. The summed E-state index contributed by atoms with van der Waals surface area (Å²) in [4.78, 5) is 0. The standard InChI is InChI=1S/C3H7N/c1-3(2)4/h3H,1-2H3/q-2/p+3. The third-order valence-electron chi connectivity index (χ3n) is 0. The lowest BCUT2D eigenvalue weighted by molar-refractivity contribution is 0.990. The summed E-state index contributed by atoms with van der Waals surface area (Å²) >= 11 is 0. The van der Waals surface area contributed by atoms with Crippen molar-refractivity contribution in [3.8, 4) is 0 Å². The molecular formula is C3H10N+. The van der Waals surface area contributed by atoms with Crippen molar-refractivity contribution in [1.82, 2.24) is 0 Å². The Morgan fingerprint density at radius 2 is 1.75 bits per heavy atom. The molecule has 26 valence electrons. The van der Waals surface area contributed by atoms with Gasteiger partial charge < -0.3 is 11.8 Å². The van der Waals surface area contributed by atoms with Crippen molar-refractivity contribution in [2.24, 2.45) is 0 Å². The first-order chi connectivity index (χ1) is 1.73. The summed E-state index contributed by atoms with van der Waals surface area (Å²) in [6.45, 7) is 3.44. The fourth-order valence-corrected chi connectivity index (χ4v) is 0. The van der Waals surface area contributed by atoms with Gasteiger partial charge in [0.1, 0.15) is 0 Å². The quantitative estimate of drug-likeness (QED) is 0.405. The Balaban J connectivity index is -0.0000000150. The minimum atomic E-state index is -0.167. The minimum Gasteiger partial charge on any atom is -1.56 e. The smallest absolute Gasteiger partial charge is 1.00 e. The number of hydrogen-bond acceptors (Lipinski definition) is 0. The van der Waals surface area contributed by atoms with Crippen LogP contribution in [-0.4, -0.2) is 6.04 Å². The molecule has 0 aliphatic heterocycles. The number of rotatable bonds is 0. The first-order valence-electron chi connectivity index (χ1n) is 1.41. The average Bonchev–Trinajstić information content (AvgIpc) is 0.811. The van der Waals surface area contributed by atoms with Gasteiger partial charge in [-0.1, -0.05) is 0 Å². The monoisotopic (exact) mass is 60.1 g/mol. The summed E-state index contributed by atoms with van der Waals surface area (Å²) in [5.74, 6) is 0. The molecule has 0 aromatic carbocycles. The van der Waals surface area contributed by atoms with Gasteiger partial charge in [0.2, 0.25) is 0 Å². The largest absolute Gasteiger partial charge is 1.56 e. The molecule has 0 saturated heterocycles. The van der Waals surface area contributed by atoms with E-state index >= 15 is 0 Å². The van der Waals surface area contributed by atoms with Crippen LogP contribution in [0.3, 0.4) is 0 Å². The van der Waals surface area contributed by atoms with E-state index in [9.17, 15) is 0 Å². The van der Waals surface area contributed by atoms with Gasteiger partial charge in [-0.05, 0) is 0 Å². The molecule has 0 N–H and O–H groups in total. The fraction of sp³-hybridized carbons (Fsp3) is 1.00.